The number of phenols is 2. The van der Waals surface area contributed by atoms with Crippen LogP contribution in [0.2, 0.25) is 0 Å². The average Bonchev–Trinajstić information content (AvgIpc) is 2.65. The number of hydrogen-bond acceptors (Lipinski definition) is 6. The molecule has 1 aromatic rings. The first-order chi connectivity index (χ1) is 12.6. The molecule has 0 aromatic heterocycles. The maximum atomic E-state index is 12.8. The van der Waals surface area contributed by atoms with Crippen molar-refractivity contribution in [2.75, 3.05) is 39.3 Å². The molecule has 2 rings (SSSR count). The number of rotatable bonds is 6. The van der Waals surface area contributed by atoms with Gasteiger partial charge in [-0.1, -0.05) is 0 Å². The minimum atomic E-state index is -1.55. The molecule has 1 fully saturated rings. The number of nitrogens with zero attached hydrogens (tertiary/aromatic N) is 2. The van der Waals surface area contributed by atoms with Gasteiger partial charge in [-0.05, 0) is 57.2 Å². The van der Waals surface area contributed by atoms with Crippen LogP contribution in [0.25, 0.3) is 0 Å². The molecule has 1 aromatic carbocycles. The van der Waals surface area contributed by atoms with Crippen molar-refractivity contribution < 1.29 is 25.2 Å². The first kappa shape index (κ1) is 21.5. The summed E-state index contributed by atoms with van der Waals surface area (Å²) >= 11 is 0. The molecule has 1 atom stereocenters. The predicted octanol–water partition coefficient (Wildman–Crippen LogP) is 0.843. The van der Waals surface area contributed by atoms with E-state index < -0.39 is 5.60 Å². The molecule has 0 bridgehead atoms. The van der Waals surface area contributed by atoms with E-state index in [1.54, 1.807) is 25.7 Å². The number of aromatic hydroxyl groups is 2. The van der Waals surface area contributed by atoms with E-state index in [2.05, 4.69) is 4.90 Å². The summed E-state index contributed by atoms with van der Waals surface area (Å²) in [7, 11) is 0. The van der Waals surface area contributed by atoms with Gasteiger partial charge in [-0.2, -0.15) is 0 Å². The van der Waals surface area contributed by atoms with E-state index in [0.717, 1.165) is 0 Å². The molecule has 1 heterocycles. The third kappa shape index (κ3) is 4.54. The van der Waals surface area contributed by atoms with Gasteiger partial charge in [0.25, 0.3) is 5.91 Å². The largest absolute Gasteiger partial charge is 0.507 e. The molecule has 0 saturated carbocycles. The zero-order valence-electron chi connectivity index (χ0n) is 16.7. The van der Waals surface area contributed by atoms with Crippen LogP contribution in [-0.4, -0.2) is 81.1 Å². The van der Waals surface area contributed by atoms with Crippen molar-refractivity contribution in [1.82, 2.24) is 9.80 Å². The molecule has 1 aliphatic rings. The number of hydrogen-bond donors (Lipinski definition) is 4. The van der Waals surface area contributed by atoms with Gasteiger partial charge >= 0.3 is 0 Å². The maximum absolute atomic E-state index is 12.8. The molecule has 0 aliphatic carbocycles. The molecule has 0 unspecified atom stereocenters. The Kier molecular flexibility index (Phi) is 6.72. The van der Waals surface area contributed by atoms with Crippen molar-refractivity contribution in [3.05, 3.63) is 22.3 Å². The Bertz CT molecular complexity index is 665. The molecule has 27 heavy (non-hydrogen) atoms. The van der Waals surface area contributed by atoms with Crippen LogP contribution in [0.4, 0.5) is 0 Å². The molecule has 7 heteroatoms. The van der Waals surface area contributed by atoms with Gasteiger partial charge in [0.05, 0.1) is 6.61 Å². The van der Waals surface area contributed by atoms with Crippen molar-refractivity contribution in [2.24, 2.45) is 0 Å². The Hall–Kier alpha value is -1.83. The number of phenolic OH excluding ortho intramolecular Hbond substituents is 2. The Morgan fingerprint density at radius 1 is 1.00 bits per heavy atom. The van der Waals surface area contributed by atoms with Crippen LogP contribution in [0.3, 0.4) is 0 Å². The lowest BCUT2D eigenvalue weighted by Gasteiger charge is -2.38. The summed E-state index contributed by atoms with van der Waals surface area (Å²) in [5, 5.41) is 40.4. The van der Waals surface area contributed by atoms with Gasteiger partial charge in [-0.3, -0.25) is 9.69 Å². The second-order valence-electron chi connectivity index (χ2n) is 7.68. The van der Waals surface area contributed by atoms with E-state index >= 15 is 0 Å². The van der Waals surface area contributed by atoms with Gasteiger partial charge < -0.3 is 25.3 Å². The van der Waals surface area contributed by atoms with Crippen LogP contribution in [-0.2, 0) is 11.2 Å². The minimum absolute atomic E-state index is 0.0946. The topological polar surface area (TPSA) is 104 Å². The van der Waals surface area contributed by atoms with E-state index in [1.807, 2.05) is 0 Å². The first-order valence-corrected chi connectivity index (χ1v) is 9.45. The van der Waals surface area contributed by atoms with E-state index in [9.17, 15) is 20.1 Å². The predicted molar refractivity (Wildman–Crippen MR) is 103 cm³/mol. The SMILES string of the molecule is Cc1c(C)c(O)c(CC[C@@](C)(O)C(=O)N2CCN(CCO)CC2)c(C)c1O. The lowest BCUT2D eigenvalue weighted by Crippen LogP contribution is -2.55. The molecule has 152 valence electrons. The Labute approximate surface area is 160 Å². The maximum Gasteiger partial charge on any atom is 0.254 e. The number of benzene rings is 1. The van der Waals surface area contributed by atoms with Crippen LogP contribution in [0, 0.1) is 20.8 Å². The van der Waals surface area contributed by atoms with Crippen LogP contribution >= 0.6 is 0 Å². The molecular formula is C20H32N2O5. The van der Waals surface area contributed by atoms with E-state index in [4.69, 9.17) is 5.11 Å². The van der Waals surface area contributed by atoms with Gasteiger partial charge in [0.15, 0.2) is 0 Å². The summed E-state index contributed by atoms with van der Waals surface area (Å²) in [6.45, 7) is 9.79. The highest BCUT2D eigenvalue weighted by Crippen LogP contribution is 2.37. The molecular weight excluding hydrogens is 348 g/mol. The monoisotopic (exact) mass is 380 g/mol. The lowest BCUT2D eigenvalue weighted by molar-refractivity contribution is -0.152. The van der Waals surface area contributed by atoms with Gasteiger partial charge in [-0.15, -0.1) is 0 Å². The number of carbonyl (C=O) groups excluding carboxylic acids is 1. The van der Waals surface area contributed by atoms with Crippen molar-refractivity contribution in [2.45, 2.75) is 46.1 Å². The smallest absolute Gasteiger partial charge is 0.254 e. The van der Waals surface area contributed by atoms with Crippen molar-refractivity contribution in [3.8, 4) is 11.5 Å². The number of aliphatic hydroxyl groups excluding tert-OH is 1. The summed E-state index contributed by atoms with van der Waals surface area (Å²) in [6.07, 6.45) is 0.439. The Morgan fingerprint density at radius 2 is 1.56 bits per heavy atom. The van der Waals surface area contributed by atoms with Crippen LogP contribution < -0.4 is 0 Å². The van der Waals surface area contributed by atoms with Gasteiger partial charge in [0.2, 0.25) is 0 Å². The molecule has 4 N–H and O–H groups in total. The first-order valence-electron chi connectivity index (χ1n) is 9.45. The number of β-amino-alcohol motifs (C(OH)–C–C–N with tert-alkyl or cyclic N) is 1. The van der Waals surface area contributed by atoms with Crippen molar-refractivity contribution >= 4 is 5.91 Å². The number of aliphatic hydroxyl groups is 2. The zero-order chi connectivity index (χ0) is 20.4. The van der Waals surface area contributed by atoms with E-state index in [1.165, 1.54) is 6.92 Å². The van der Waals surface area contributed by atoms with E-state index in [-0.39, 0.29) is 36.9 Å². The third-order valence-corrected chi connectivity index (χ3v) is 5.76. The van der Waals surface area contributed by atoms with Gasteiger partial charge in [-0.25, -0.2) is 0 Å². The molecule has 0 spiro atoms. The Morgan fingerprint density at radius 3 is 2.11 bits per heavy atom. The normalized spacial score (nSPS) is 17.8. The standard InChI is InChI=1S/C20H32N2O5/c1-13-14(2)18(25)16(15(3)17(13)24)5-6-20(4,27)19(26)22-9-7-21(8-10-22)11-12-23/h23-25,27H,5-12H2,1-4H3/t20-/m1/s1. The summed E-state index contributed by atoms with van der Waals surface area (Å²) in [4.78, 5) is 16.5. The molecule has 0 radical (unpaired) electrons. The van der Waals surface area contributed by atoms with E-state index in [0.29, 0.717) is 55.0 Å². The summed E-state index contributed by atoms with van der Waals surface area (Å²) in [5.41, 5.74) is 0.844. The van der Waals surface area contributed by atoms with Crippen LogP contribution in [0.1, 0.15) is 35.6 Å². The zero-order valence-corrected chi connectivity index (χ0v) is 16.7. The number of amides is 1. The molecule has 1 amide bonds. The third-order valence-electron chi connectivity index (χ3n) is 5.76. The quantitative estimate of drug-likeness (QED) is 0.545. The van der Waals surface area contributed by atoms with Crippen LogP contribution in [0.15, 0.2) is 0 Å². The lowest BCUT2D eigenvalue weighted by atomic mass is 9.90. The number of carbonyl (C=O) groups is 1. The second-order valence-corrected chi connectivity index (χ2v) is 7.68. The second kappa shape index (κ2) is 8.46. The summed E-state index contributed by atoms with van der Waals surface area (Å²) in [6, 6.07) is 0. The fourth-order valence-electron chi connectivity index (χ4n) is 3.62. The highest BCUT2D eigenvalue weighted by atomic mass is 16.3. The molecule has 1 saturated heterocycles. The minimum Gasteiger partial charge on any atom is -0.507 e. The number of piperazine rings is 1. The Balaban J connectivity index is 2.06. The average molecular weight is 380 g/mol. The summed E-state index contributed by atoms with van der Waals surface area (Å²) < 4.78 is 0. The molecule has 1 aliphatic heterocycles. The fraction of sp³-hybridized carbons (Fsp3) is 0.650. The highest BCUT2D eigenvalue weighted by Gasteiger charge is 2.36. The van der Waals surface area contributed by atoms with Gasteiger partial charge in [0.1, 0.15) is 17.1 Å². The van der Waals surface area contributed by atoms with Crippen LogP contribution in [0.5, 0.6) is 11.5 Å². The van der Waals surface area contributed by atoms with Gasteiger partial charge in [0, 0.05) is 38.3 Å². The summed E-state index contributed by atoms with van der Waals surface area (Å²) in [5.74, 6) is -0.0636. The van der Waals surface area contributed by atoms with Crippen molar-refractivity contribution in [1.29, 1.82) is 0 Å². The fourth-order valence-corrected chi connectivity index (χ4v) is 3.62. The molecule has 7 nitrogen and oxygen atoms in total. The van der Waals surface area contributed by atoms with Crippen molar-refractivity contribution in [3.63, 3.8) is 0 Å². The highest BCUT2D eigenvalue weighted by molar-refractivity contribution is 5.84.